The summed E-state index contributed by atoms with van der Waals surface area (Å²) in [5.41, 5.74) is 7.55. The Morgan fingerprint density at radius 2 is 1.94 bits per heavy atom. The summed E-state index contributed by atoms with van der Waals surface area (Å²) in [4.78, 5) is 13.1. The van der Waals surface area contributed by atoms with Crippen LogP contribution in [0.15, 0.2) is 30.7 Å². The van der Waals surface area contributed by atoms with E-state index in [0.29, 0.717) is 17.8 Å². The van der Waals surface area contributed by atoms with E-state index >= 15 is 0 Å². The minimum atomic E-state index is -4.85. The molecular formula is C21H29F3N6O. The molecule has 170 valence electrons. The van der Waals surface area contributed by atoms with Crippen LogP contribution in [-0.4, -0.2) is 63.9 Å². The Kier molecular flexibility index (Phi) is 6.78. The number of nitrogens with zero attached hydrogens (tertiary/aromatic N) is 5. The fraction of sp³-hybridized carbons (Fsp3) is 0.524. The van der Waals surface area contributed by atoms with E-state index in [-0.39, 0.29) is 11.7 Å². The molecule has 0 bridgehead atoms. The van der Waals surface area contributed by atoms with E-state index in [1.54, 1.807) is 0 Å². The van der Waals surface area contributed by atoms with Gasteiger partial charge in [0.25, 0.3) is 0 Å². The van der Waals surface area contributed by atoms with E-state index in [2.05, 4.69) is 38.1 Å². The molecule has 1 aliphatic rings. The number of pyridine rings is 1. The van der Waals surface area contributed by atoms with Crippen molar-refractivity contribution in [3.05, 3.63) is 36.6 Å². The van der Waals surface area contributed by atoms with Gasteiger partial charge in [-0.2, -0.15) is 0 Å². The first-order chi connectivity index (χ1) is 14.5. The molecule has 0 unspecified atom stereocenters. The highest BCUT2D eigenvalue weighted by atomic mass is 19.4. The molecule has 2 aromatic rings. The number of likely N-dealkylation sites (N-methyl/N-ethyl adjacent to an activating group) is 1. The lowest BCUT2D eigenvalue weighted by Gasteiger charge is -2.35. The van der Waals surface area contributed by atoms with Gasteiger partial charge >= 0.3 is 6.36 Å². The zero-order valence-electron chi connectivity index (χ0n) is 18.1. The molecule has 0 aromatic carbocycles. The third-order valence-electron chi connectivity index (χ3n) is 5.32. The zero-order valence-corrected chi connectivity index (χ0v) is 18.1. The van der Waals surface area contributed by atoms with E-state index in [0.717, 1.165) is 44.1 Å². The van der Waals surface area contributed by atoms with Crippen molar-refractivity contribution in [2.45, 2.75) is 39.1 Å². The van der Waals surface area contributed by atoms with Gasteiger partial charge in [-0.3, -0.25) is 0 Å². The molecule has 1 fully saturated rings. The van der Waals surface area contributed by atoms with Crippen LogP contribution >= 0.6 is 0 Å². The van der Waals surface area contributed by atoms with Gasteiger partial charge in [0.2, 0.25) is 0 Å². The second-order valence-electron chi connectivity index (χ2n) is 8.09. The minimum Gasteiger partial charge on any atom is -0.402 e. The van der Waals surface area contributed by atoms with Gasteiger partial charge in [0.1, 0.15) is 5.82 Å². The average molecular weight is 438 g/mol. The number of ether oxygens (including phenoxy) is 1. The number of alkyl halides is 3. The van der Waals surface area contributed by atoms with Crippen molar-refractivity contribution >= 4 is 5.82 Å². The van der Waals surface area contributed by atoms with Crippen LogP contribution in [0.25, 0.3) is 11.3 Å². The average Bonchev–Trinajstić information content (AvgIpc) is 3.12. The molecule has 1 saturated heterocycles. The van der Waals surface area contributed by atoms with Crippen LogP contribution < -0.4 is 10.5 Å². The third kappa shape index (κ3) is 5.90. The number of anilines is 1. The number of nitrogen functional groups attached to an aromatic ring is 1. The lowest BCUT2D eigenvalue weighted by Crippen LogP contribution is -2.43. The Morgan fingerprint density at radius 1 is 1.26 bits per heavy atom. The quantitative estimate of drug-likeness (QED) is 0.711. The van der Waals surface area contributed by atoms with Gasteiger partial charge in [-0.05, 0) is 13.1 Å². The molecule has 10 heteroatoms. The maximum atomic E-state index is 12.6. The number of imidazole rings is 1. The molecule has 0 atom stereocenters. The molecule has 0 radical (unpaired) electrons. The summed E-state index contributed by atoms with van der Waals surface area (Å²) in [5, 5.41) is 0. The lowest BCUT2D eigenvalue weighted by molar-refractivity contribution is -0.274. The molecule has 2 aromatic heterocycles. The number of aryl methyl sites for hydroxylation is 1. The molecule has 3 rings (SSSR count). The molecule has 0 aliphatic carbocycles. The maximum Gasteiger partial charge on any atom is 0.573 e. The van der Waals surface area contributed by atoms with Gasteiger partial charge < -0.3 is 24.8 Å². The van der Waals surface area contributed by atoms with Crippen molar-refractivity contribution in [3.63, 3.8) is 0 Å². The Hall–Kier alpha value is -2.75. The van der Waals surface area contributed by atoms with E-state index in [1.165, 1.54) is 12.3 Å². The Morgan fingerprint density at radius 3 is 2.55 bits per heavy atom. The Balaban J connectivity index is 1.77. The summed E-state index contributed by atoms with van der Waals surface area (Å²) in [6.07, 6.45) is -0.849. The van der Waals surface area contributed by atoms with Crippen molar-refractivity contribution in [2.24, 2.45) is 0 Å². The van der Waals surface area contributed by atoms with E-state index in [1.807, 2.05) is 24.6 Å². The standard InChI is InChI=1S/C21H29F3N6O/c1-14(2)20-27-17(16-11-18(19(25)26-12-16)31-21(22,23)24)13-30(20)6-5-15(3)29-9-7-28(4)8-10-29/h11-14H,3,5-10H2,1-2,4H3,(H2,25,26). The number of allylic oxidation sites excluding steroid dienone is 1. The van der Waals surface area contributed by atoms with E-state index in [4.69, 9.17) is 5.73 Å². The highest BCUT2D eigenvalue weighted by Gasteiger charge is 2.32. The van der Waals surface area contributed by atoms with Crippen molar-refractivity contribution in [3.8, 4) is 17.0 Å². The number of halogens is 3. The van der Waals surface area contributed by atoms with Crippen LogP contribution in [0.2, 0.25) is 0 Å². The minimum absolute atomic E-state index is 0.137. The lowest BCUT2D eigenvalue weighted by atomic mass is 10.2. The third-order valence-corrected chi connectivity index (χ3v) is 5.32. The Labute approximate surface area is 180 Å². The number of hydrogen-bond acceptors (Lipinski definition) is 6. The monoisotopic (exact) mass is 438 g/mol. The molecule has 3 heterocycles. The highest BCUT2D eigenvalue weighted by Crippen LogP contribution is 2.32. The summed E-state index contributed by atoms with van der Waals surface area (Å²) in [6.45, 7) is 12.9. The van der Waals surface area contributed by atoms with Gasteiger partial charge in [-0.1, -0.05) is 20.4 Å². The summed E-state index contributed by atoms with van der Waals surface area (Å²) in [7, 11) is 2.11. The highest BCUT2D eigenvalue weighted by molar-refractivity contribution is 5.63. The molecule has 0 amide bonds. The predicted octanol–water partition coefficient (Wildman–Crippen LogP) is 3.70. The van der Waals surface area contributed by atoms with Gasteiger partial charge in [0, 0.05) is 68.7 Å². The van der Waals surface area contributed by atoms with Crippen molar-refractivity contribution < 1.29 is 17.9 Å². The molecule has 0 saturated carbocycles. The number of piperazine rings is 1. The van der Waals surface area contributed by atoms with Crippen LogP contribution in [0.4, 0.5) is 19.0 Å². The van der Waals surface area contributed by atoms with Crippen LogP contribution in [0.5, 0.6) is 5.75 Å². The first-order valence-electron chi connectivity index (χ1n) is 10.2. The van der Waals surface area contributed by atoms with Crippen LogP contribution in [-0.2, 0) is 6.54 Å². The molecule has 1 aliphatic heterocycles. The fourth-order valence-corrected chi connectivity index (χ4v) is 3.54. The number of aromatic nitrogens is 3. The van der Waals surface area contributed by atoms with Gasteiger partial charge in [0.05, 0.1) is 5.69 Å². The van der Waals surface area contributed by atoms with Crippen molar-refractivity contribution in [1.82, 2.24) is 24.3 Å². The van der Waals surface area contributed by atoms with E-state index in [9.17, 15) is 13.2 Å². The zero-order chi connectivity index (χ0) is 22.8. The first kappa shape index (κ1) is 22.9. The smallest absolute Gasteiger partial charge is 0.402 e. The molecule has 31 heavy (non-hydrogen) atoms. The number of hydrogen-bond donors (Lipinski definition) is 1. The van der Waals surface area contributed by atoms with Crippen LogP contribution in [0.1, 0.15) is 32.0 Å². The summed E-state index contributed by atoms with van der Waals surface area (Å²) >= 11 is 0. The van der Waals surface area contributed by atoms with Gasteiger partial charge in [-0.15, -0.1) is 13.2 Å². The maximum absolute atomic E-state index is 12.6. The number of rotatable bonds is 7. The molecule has 0 spiro atoms. The fourth-order valence-electron chi connectivity index (χ4n) is 3.54. The normalized spacial score (nSPS) is 15.5. The summed E-state index contributed by atoms with van der Waals surface area (Å²) in [5.74, 6) is 0.122. The molecular weight excluding hydrogens is 409 g/mol. The summed E-state index contributed by atoms with van der Waals surface area (Å²) in [6, 6.07) is 1.22. The van der Waals surface area contributed by atoms with Crippen molar-refractivity contribution in [1.29, 1.82) is 0 Å². The predicted molar refractivity (Wildman–Crippen MR) is 113 cm³/mol. The Bertz CT molecular complexity index is 916. The second kappa shape index (κ2) is 9.17. The molecule has 7 nitrogen and oxygen atoms in total. The van der Waals surface area contributed by atoms with Gasteiger partial charge in [0.15, 0.2) is 11.6 Å². The second-order valence-corrected chi connectivity index (χ2v) is 8.09. The van der Waals surface area contributed by atoms with Crippen LogP contribution in [0.3, 0.4) is 0 Å². The van der Waals surface area contributed by atoms with Crippen molar-refractivity contribution in [2.75, 3.05) is 39.0 Å². The summed E-state index contributed by atoms with van der Waals surface area (Å²) < 4.78 is 43.9. The van der Waals surface area contributed by atoms with Crippen LogP contribution in [0, 0.1) is 0 Å². The topological polar surface area (TPSA) is 72.4 Å². The largest absolute Gasteiger partial charge is 0.573 e. The molecule has 2 N–H and O–H groups in total. The van der Waals surface area contributed by atoms with E-state index < -0.39 is 12.1 Å². The SMILES string of the molecule is C=C(CCn1cc(-c2cnc(N)c(OC(F)(F)F)c2)nc1C(C)C)N1CCN(C)CC1. The number of nitrogens with two attached hydrogens (primary N) is 1. The van der Waals surface area contributed by atoms with Gasteiger partial charge in [-0.25, -0.2) is 9.97 Å². The first-order valence-corrected chi connectivity index (χ1v) is 10.2.